The van der Waals surface area contributed by atoms with Crippen LogP contribution in [-0.4, -0.2) is 43.1 Å². The number of rotatable bonds is 6. The molecule has 0 aliphatic carbocycles. The second-order valence-corrected chi connectivity index (χ2v) is 6.02. The van der Waals surface area contributed by atoms with Crippen LogP contribution in [0.1, 0.15) is 30.9 Å². The van der Waals surface area contributed by atoms with E-state index in [4.69, 9.17) is 4.74 Å². The number of unbranched alkanes of at least 4 members (excludes halogenated alkanes) is 1. The molecule has 2 N–H and O–H groups in total. The van der Waals surface area contributed by atoms with E-state index in [-0.39, 0.29) is 12.0 Å². The number of carbonyl (C=O) groups excluding carboxylic acids is 1. The number of hydrazine groups is 1. The van der Waals surface area contributed by atoms with Crippen molar-refractivity contribution in [1.82, 2.24) is 5.01 Å². The van der Waals surface area contributed by atoms with E-state index in [9.17, 15) is 4.79 Å². The maximum absolute atomic E-state index is 12.1. The Morgan fingerprint density at radius 1 is 1.52 bits per heavy atom. The van der Waals surface area contributed by atoms with Crippen molar-refractivity contribution >= 4 is 23.7 Å². The fourth-order valence-electron chi connectivity index (χ4n) is 2.88. The van der Waals surface area contributed by atoms with Gasteiger partial charge in [0.2, 0.25) is 0 Å². The maximum Gasteiger partial charge on any atom is 0.328 e. The van der Waals surface area contributed by atoms with Gasteiger partial charge < -0.3 is 10.1 Å². The van der Waals surface area contributed by atoms with Crippen LogP contribution >= 0.6 is 0 Å². The first-order chi connectivity index (χ1) is 11.2. The summed E-state index contributed by atoms with van der Waals surface area (Å²) in [4.78, 5) is 16.3. The standard InChI is InChI=1S/C17H24N4O2/c1-3-4-9-23-17(22)15-10-13-5-6-14(12(2)16(13)19-15)20-21-8-7-18-11-21/h5-6,11,15,19-20H,3-4,7-10H2,1-2H3. The molecule has 0 amide bonds. The molecule has 6 heteroatoms. The lowest BCUT2D eigenvalue weighted by atomic mass is 10.1. The van der Waals surface area contributed by atoms with E-state index in [1.54, 1.807) is 0 Å². The number of benzene rings is 1. The molecule has 1 aromatic carbocycles. The van der Waals surface area contributed by atoms with Crippen LogP contribution < -0.4 is 10.7 Å². The predicted octanol–water partition coefficient (Wildman–Crippen LogP) is 2.35. The van der Waals surface area contributed by atoms with Gasteiger partial charge in [0, 0.05) is 12.1 Å². The fourth-order valence-corrected chi connectivity index (χ4v) is 2.88. The Morgan fingerprint density at radius 2 is 2.39 bits per heavy atom. The van der Waals surface area contributed by atoms with Crippen molar-refractivity contribution in [3.63, 3.8) is 0 Å². The van der Waals surface area contributed by atoms with Gasteiger partial charge in [0.05, 0.1) is 25.4 Å². The zero-order chi connectivity index (χ0) is 16.2. The van der Waals surface area contributed by atoms with E-state index >= 15 is 0 Å². The highest BCUT2D eigenvalue weighted by Gasteiger charge is 2.29. The summed E-state index contributed by atoms with van der Waals surface area (Å²) in [6.45, 7) is 6.34. The predicted molar refractivity (Wildman–Crippen MR) is 91.8 cm³/mol. The molecule has 1 unspecified atom stereocenters. The van der Waals surface area contributed by atoms with Crippen LogP contribution in [0.4, 0.5) is 11.4 Å². The highest BCUT2D eigenvalue weighted by atomic mass is 16.5. The quantitative estimate of drug-likeness (QED) is 0.623. The lowest BCUT2D eigenvalue weighted by Gasteiger charge is -2.20. The van der Waals surface area contributed by atoms with Crippen molar-refractivity contribution in [3.8, 4) is 0 Å². The molecule has 3 rings (SSSR count). The van der Waals surface area contributed by atoms with Crippen molar-refractivity contribution in [2.45, 2.75) is 39.2 Å². The topological polar surface area (TPSA) is 66.0 Å². The van der Waals surface area contributed by atoms with Crippen LogP contribution in [0.2, 0.25) is 0 Å². The Balaban J connectivity index is 1.66. The van der Waals surface area contributed by atoms with Gasteiger partial charge in [-0.3, -0.25) is 15.4 Å². The van der Waals surface area contributed by atoms with Gasteiger partial charge in [-0.15, -0.1) is 0 Å². The van der Waals surface area contributed by atoms with Gasteiger partial charge in [-0.2, -0.15) is 0 Å². The van der Waals surface area contributed by atoms with Crippen molar-refractivity contribution in [2.75, 3.05) is 30.4 Å². The molecule has 6 nitrogen and oxygen atoms in total. The van der Waals surface area contributed by atoms with Gasteiger partial charge in [-0.1, -0.05) is 19.4 Å². The van der Waals surface area contributed by atoms with E-state index < -0.39 is 0 Å². The number of hydrogen-bond acceptors (Lipinski definition) is 6. The molecule has 2 aliphatic rings. The lowest BCUT2D eigenvalue weighted by molar-refractivity contribution is -0.144. The molecule has 0 fully saturated rings. The van der Waals surface area contributed by atoms with E-state index in [2.05, 4.69) is 41.7 Å². The summed E-state index contributed by atoms with van der Waals surface area (Å²) < 4.78 is 5.33. The number of aliphatic imine (C=N–C) groups is 1. The van der Waals surface area contributed by atoms with E-state index in [0.717, 1.165) is 42.9 Å². The summed E-state index contributed by atoms with van der Waals surface area (Å²) in [7, 11) is 0. The third-order valence-corrected chi connectivity index (χ3v) is 4.28. The molecule has 0 aromatic heterocycles. The molecule has 23 heavy (non-hydrogen) atoms. The molecule has 124 valence electrons. The molecule has 1 atom stereocenters. The number of nitrogens with one attached hydrogen (secondary N) is 2. The zero-order valence-corrected chi connectivity index (χ0v) is 13.8. The molecule has 0 bridgehead atoms. The van der Waals surface area contributed by atoms with Crippen LogP contribution in [0.3, 0.4) is 0 Å². The number of esters is 1. The van der Waals surface area contributed by atoms with Crippen LogP contribution in [0.5, 0.6) is 0 Å². The average Bonchev–Trinajstić information content (AvgIpc) is 3.20. The van der Waals surface area contributed by atoms with E-state index in [1.165, 1.54) is 5.56 Å². The Morgan fingerprint density at radius 3 is 3.13 bits per heavy atom. The summed E-state index contributed by atoms with van der Waals surface area (Å²) in [5.41, 5.74) is 7.71. The van der Waals surface area contributed by atoms with Gasteiger partial charge in [0.15, 0.2) is 0 Å². The highest BCUT2D eigenvalue weighted by Crippen LogP contribution is 2.34. The Kier molecular flexibility index (Phi) is 4.69. The normalized spacial score (nSPS) is 18.7. The van der Waals surface area contributed by atoms with Gasteiger partial charge in [0.25, 0.3) is 0 Å². The average molecular weight is 316 g/mol. The monoisotopic (exact) mass is 316 g/mol. The Bertz CT molecular complexity index is 615. The van der Waals surface area contributed by atoms with E-state index in [1.807, 2.05) is 11.3 Å². The highest BCUT2D eigenvalue weighted by molar-refractivity contribution is 5.85. The van der Waals surface area contributed by atoms with Crippen molar-refractivity contribution in [1.29, 1.82) is 0 Å². The Hall–Kier alpha value is -2.24. The lowest BCUT2D eigenvalue weighted by Crippen LogP contribution is -2.29. The Labute approximate surface area is 136 Å². The summed E-state index contributed by atoms with van der Waals surface area (Å²) >= 11 is 0. The molecule has 0 spiro atoms. The molecule has 0 saturated carbocycles. The van der Waals surface area contributed by atoms with Gasteiger partial charge in [-0.25, -0.2) is 4.79 Å². The minimum atomic E-state index is -0.274. The molecule has 2 aliphatic heterocycles. The van der Waals surface area contributed by atoms with Crippen molar-refractivity contribution in [2.24, 2.45) is 4.99 Å². The number of anilines is 2. The summed E-state index contributed by atoms with van der Waals surface area (Å²) in [5, 5.41) is 5.30. The molecule has 2 heterocycles. The van der Waals surface area contributed by atoms with Crippen LogP contribution in [0.15, 0.2) is 17.1 Å². The smallest absolute Gasteiger partial charge is 0.328 e. The second kappa shape index (κ2) is 6.89. The number of nitrogens with zero attached hydrogens (tertiary/aromatic N) is 2. The minimum absolute atomic E-state index is 0.157. The van der Waals surface area contributed by atoms with Crippen molar-refractivity contribution in [3.05, 3.63) is 23.3 Å². The minimum Gasteiger partial charge on any atom is -0.464 e. The van der Waals surface area contributed by atoms with Gasteiger partial charge >= 0.3 is 5.97 Å². The molecular weight excluding hydrogens is 292 g/mol. The largest absolute Gasteiger partial charge is 0.464 e. The molecule has 1 aromatic rings. The van der Waals surface area contributed by atoms with Crippen molar-refractivity contribution < 1.29 is 9.53 Å². The molecule has 0 radical (unpaired) electrons. The molecular formula is C17H24N4O2. The SMILES string of the molecule is CCCCOC(=O)C1Cc2ccc(NN3C=NCC3)c(C)c2N1. The number of ether oxygens (including phenoxy) is 1. The third kappa shape index (κ3) is 3.41. The number of carbonyl (C=O) groups is 1. The van der Waals surface area contributed by atoms with E-state index in [0.29, 0.717) is 13.0 Å². The fraction of sp³-hybridized carbons (Fsp3) is 0.529. The van der Waals surface area contributed by atoms with Crippen LogP contribution in [0, 0.1) is 6.92 Å². The number of hydrogen-bond donors (Lipinski definition) is 2. The first kappa shape index (κ1) is 15.6. The summed E-state index contributed by atoms with van der Waals surface area (Å²) in [6, 6.07) is 3.86. The maximum atomic E-state index is 12.1. The summed E-state index contributed by atoms with van der Waals surface area (Å²) in [6.07, 6.45) is 4.44. The second-order valence-electron chi connectivity index (χ2n) is 6.02. The molecule has 0 saturated heterocycles. The van der Waals surface area contributed by atoms with Crippen LogP contribution in [-0.2, 0) is 16.0 Å². The number of fused-ring (bicyclic) bond motifs is 1. The summed E-state index contributed by atoms with van der Waals surface area (Å²) in [5.74, 6) is -0.157. The first-order valence-corrected chi connectivity index (χ1v) is 8.28. The third-order valence-electron chi connectivity index (χ3n) is 4.28. The van der Waals surface area contributed by atoms with Gasteiger partial charge in [-0.05, 0) is 30.5 Å². The van der Waals surface area contributed by atoms with Gasteiger partial charge in [0.1, 0.15) is 12.4 Å². The van der Waals surface area contributed by atoms with Crippen LogP contribution in [0.25, 0.3) is 0 Å². The first-order valence-electron chi connectivity index (χ1n) is 8.28. The zero-order valence-electron chi connectivity index (χ0n) is 13.8.